The van der Waals surface area contributed by atoms with Gasteiger partial charge in [0, 0.05) is 24.6 Å². The lowest BCUT2D eigenvalue weighted by Gasteiger charge is -2.08. The van der Waals surface area contributed by atoms with Crippen molar-refractivity contribution < 1.29 is 1.43 Å². The Kier molecular flexibility index (Phi) is 9.44. The van der Waals surface area contributed by atoms with Crippen molar-refractivity contribution >= 4 is 16.6 Å². The average Bonchev–Trinajstić information content (AvgIpc) is 3.09. The topological polar surface area (TPSA) is 24.9 Å². The highest BCUT2D eigenvalue weighted by Gasteiger charge is 2.02. The number of pyridine rings is 1. The van der Waals surface area contributed by atoms with E-state index in [9.17, 15) is 0 Å². The Labute approximate surface area is 177 Å². The van der Waals surface area contributed by atoms with Crippen molar-refractivity contribution in [2.24, 2.45) is 0 Å². The van der Waals surface area contributed by atoms with Crippen LogP contribution in [0.5, 0.6) is 0 Å². The van der Waals surface area contributed by atoms with Crippen molar-refractivity contribution in [2.75, 3.05) is 11.9 Å². The number of anilines is 1. The van der Waals surface area contributed by atoms with Crippen LogP contribution >= 0.6 is 0 Å². The van der Waals surface area contributed by atoms with Crippen LogP contribution in [-0.2, 0) is 0 Å². The molecule has 0 radical (unpaired) electrons. The highest BCUT2D eigenvalue weighted by atomic mass is 14.9. The molecule has 0 saturated carbocycles. The van der Waals surface area contributed by atoms with E-state index in [4.69, 9.17) is 4.98 Å². The van der Waals surface area contributed by atoms with Gasteiger partial charge in [-0.05, 0) is 36.3 Å². The van der Waals surface area contributed by atoms with Gasteiger partial charge in [-0.15, -0.1) is 0 Å². The quantitative estimate of drug-likeness (QED) is 0.490. The fourth-order valence-electron chi connectivity index (χ4n) is 2.93. The van der Waals surface area contributed by atoms with E-state index in [2.05, 4.69) is 84.2 Å². The summed E-state index contributed by atoms with van der Waals surface area (Å²) in [6.07, 6.45) is 11.8. The lowest BCUT2D eigenvalue weighted by Crippen LogP contribution is -2.03. The van der Waals surface area contributed by atoms with Gasteiger partial charge < -0.3 is 5.32 Å². The summed E-state index contributed by atoms with van der Waals surface area (Å²) in [5.41, 5.74) is 5.57. The van der Waals surface area contributed by atoms with Crippen LogP contribution in [0.15, 0.2) is 96.6 Å². The number of aromatic nitrogens is 1. The number of fused-ring (bicyclic) bond motifs is 1. The van der Waals surface area contributed by atoms with Crippen LogP contribution in [0.2, 0.25) is 0 Å². The summed E-state index contributed by atoms with van der Waals surface area (Å²) >= 11 is 0. The average molecular weight is 387 g/mol. The molecule has 0 amide bonds. The Morgan fingerprint density at radius 3 is 2.41 bits per heavy atom. The lowest BCUT2D eigenvalue weighted by molar-refractivity contribution is 1.26. The van der Waals surface area contributed by atoms with Crippen molar-refractivity contribution in [3.05, 3.63) is 96.6 Å². The van der Waals surface area contributed by atoms with Gasteiger partial charge >= 0.3 is 0 Å². The second-order valence-corrected chi connectivity index (χ2v) is 6.13. The van der Waals surface area contributed by atoms with E-state index in [0.717, 1.165) is 35.4 Å². The highest BCUT2D eigenvalue weighted by Crippen LogP contribution is 2.22. The lowest BCUT2D eigenvalue weighted by atomic mass is 10.1. The summed E-state index contributed by atoms with van der Waals surface area (Å²) in [5.74, 6) is 0. The molecule has 0 bridgehead atoms. The molecule has 0 saturated heterocycles. The van der Waals surface area contributed by atoms with Crippen LogP contribution in [0.3, 0.4) is 0 Å². The number of hydrogen-bond acceptors (Lipinski definition) is 2. The van der Waals surface area contributed by atoms with Gasteiger partial charge in [-0.3, -0.25) is 0 Å². The molecule has 3 aromatic rings. The van der Waals surface area contributed by atoms with Crippen molar-refractivity contribution in [3.8, 4) is 11.3 Å². The third-order valence-corrected chi connectivity index (χ3v) is 4.33. The molecule has 2 nitrogen and oxygen atoms in total. The number of rotatable bonds is 4. The molecule has 0 unspecified atom stereocenters. The number of allylic oxidation sites excluding steroid dienone is 4. The first-order chi connectivity index (χ1) is 14.4. The van der Waals surface area contributed by atoms with Crippen LogP contribution in [0, 0.1) is 0 Å². The third kappa shape index (κ3) is 6.46. The Morgan fingerprint density at radius 1 is 0.862 bits per heavy atom. The minimum atomic E-state index is 0. The molecule has 1 aliphatic rings. The summed E-state index contributed by atoms with van der Waals surface area (Å²) < 4.78 is 0. The minimum absolute atomic E-state index is 0. The summed E-state index contributed by atoms with van der Waals surface area (Å²) in [5, 5.41) is 4.65. The molecule has 152 valence electrons. The first kappa shape index (κ1) is 22.2. The number of benzene rings is 2. The molecule has 1 aromatic heterocycles. The van der Waals surface area contributed by atoms with E-state index in [-0.39, 0.29) is 1.43 Å². The van der Waals surface area contributed by atoms with Crippen molar-refractivity contribution in [2.45, 2.75) is 34.1 Å². The van der Waals surface area contributed by atoms with E-state index >= 15 is 0 Å². The van der Waals surface area contributed by atoms with Gasteiger partial charge in [-0.25, -0.2) is 4.98 Å². The Hall–Kier alpha value is -3.13. The largest absolute Gasteiger partial charge is 0.381 e. The zero-order valence-corrected chi connectivity index (χ0v) is 18.0. The standard InChI is InChI=1S/C23H20N2.2C2H6.H2/c1-2-4-8-18(7-3-1)17-24-21-14-11-20(12-15-21)23-16-13-19-9-5-6-10-22(19)25-23;2*1-2;/h1,3-16,24H,2,17H2;2*1-2H3;1H. The smallest absolute Gasteiger partial charge is 0.0709 e. The molecule has 0 aliphatic heterocycles. The number of nitrogens with one attached hydrogen (secondary N) is 1. The van der Waals surface area contributed by atoms with Crippen LogP contribution in [0.1, 0.15) is 35.5 Å². The Morgan fingerprint density at radius 2 is 1.62 bits per heavy atom. The molecule has 2 heteroatoms. The molecule has 0 atom stereocenters. The first-order valence-corrected chi connectivity index (χ1v) is 10.6. The maximum Gasteiger partial charge on any atom is 0.0709 e. The van der Waals surface area contributed by atoms with Gasteiger partial charge in [0.05, 0.1) is 11.2 Å². The number of hydrogen-bond donors (Lipinski definition) is 1. The maximum atomic E-state index is 4.76. The van der Waals surface area contributed by atoms with Gasteiger partial charge in [-0.2, -0.15) is 0 Å². The van der Waals surface area contributed by atoms with Gasteiger partial charge in [-0.1, -0.05) is 94.5 Å². The molecular formula is C27H34N2. The minimum Gasteiger partial charge on any atom is -0.381 e. The van der Waals surface area contributed by atoms with E-state index in [1.54, 1.807) is 0 Å². The van der Waals surface area contributed by atoms with Crippen molar-refractivity contribution in [1.29, 1.82) is 0 Å². The van der Waals surface area contributed by atoms with Crippen LogP contribution in [-0.4, -0.2) is 11.5 Å². The van der Waals surface area contributed by atoms with Gasteiger partial charge in [0.15, 0.2) is 0 Å². The molecule has 1 aliphatic carbocycles. The summed E-state index contributed by atoms with van der Waals surface area (Å²) in [6.45, 7) is 8.83. The summed E-state index contributed by atoms with van der Waals surface area (Å²) in [6, 6.07) is 20.9. The molecule has 29 heavy (non-hydrogen) atoms. The second-order valence-electron chi connectivity index (χ2n) is 6.13. The molecule has 1 N–H and O–H groups in total. The molecule has 2 aromatic carbocycles. The number of para-hydroxylation sites is 1. The normalized spacial score (nSPS) is 12.1. The zero-order valence-electron chi connectivity index (χ0n) is 18.0. The Balaban J connectivity index is 0.000000851. The van der Waals surface area contributed by atoms with Crippen LogP contribution < -0.4 is 5.32 Å². The Bertz CT molecular complexity index is 970. The van der Waals surface area contributed by atoms with Gasteiger partial charge in [0.2, 0.25) is 0 Å². The summed E-state index contributed by atoms with van der Waals surface area (Å²) in [4.78, 5) is 4.76. The predicted octanol–water partition coefficient (Wildman–Crippen LogP) is 8.05. The van der Waals surface area contributed by atoms with Crippen LogP contribution in [0.25, 0.3) is 22.2 Å². The highest BCUT2D eigenvalue weighted by molar-refractivity contribution is 5.81. The van der Waals surface area contributed by atoms with E-state index in [1.165, 1.54) is 11.0 Å². The first-order valence-electron chi connectivity index (χ1n) is 10.6. The summed E-state index contributed by atoms with van der Waals surface area (Å²) in [7, 11) is 0. The predicted molar refractivity (Wildman–Crippen MR) is 131 cm³/mol. The second kappa shape index (κ2) is 12.4. The molecule has 4 rings (SSSR count). The monoisotopic (exact) mass is 386 g/mol. The zero-order chi connectivity index (χ0) is 20.9. The number of nitrogens with zero attached hydrogens (tertiary/aromatic N) is 1. The van der Waals surface area contributed by atoms with Gasteiger partial charge in [0.1, 0.15) is 0 Å². The van der Waals surface area contributed by atoms with Crippen LogP contribution in [0.4, 0.5) is 5.69 Å². The van der Waals surface area contributed by atoms with E-state index < -0.39 is 0 Å². The fraction of sp³-hybridized carbons (Fsp3) is 0.222. The van der Waals surface area contributed by atoms with Gasteiger partial charge in [0.25, 0.3) is 0 Å². The maximum absolute atomic E-state index is 4.76. The van der Waals surface area contributed by atoms with Crippen molar-refractivity contribution in [3.63, 3.8) is 0 Å². The van der Waals surface area contributed by atoms with E-state index in [1.807, 2.05) is 39.8 Å². The SMILES string of the molecule is C1=CCC=CC(CNc2ccc(-c3ccc4ccccc4n3)cc2)=C1.CC.CC.[HH]. The molecular weight excluding hydrogens is 352 g/mol. The molecule has 0 spiro atoms. The van der Waals surface area contributed by atoms with E-state index in [0.29, 0.717) is 0 Å². The fourth-order valence-corrected chi connectivity index (χ4v) is 2.93. The third-order valence-electron chi connectivity index (χ3n) is 4.33. The molecule has 0 fully saturated rings. The molecule has 1 heterocycles. The van der Waals surface area contributed by atoms with Crippen molar-refractivity contribution in [1.82, 2.24) is 4.98 Å².